The van der Waals surface area contributed by atoms with E-state index in [0.29, 0.717) is 10.5 Å². The average Bonchev–Trinajstić information content (AvgIpc) is 3.14. The molecule has 3 rings (SSSR count). The largest absolute Gasteiger partial charge is 0.447 e. The molecule has 1 amide bonds. The average molecular weight is 298 g/mol. The zero-order chi connectivity index (χ0) is 24.2. The highest BCUT2D eigenvalue weighted by Gasteiger charge is 2.22. The van der Waals surface area contributed by atoms with Gasteiger partial charge in [0.25, 0.3) is 0 Å². The molecule has 2 aromatic rings. The molecule has 112 valence electrons. The number of hydrogen-bond donors (Lipinski definition) is 2. The summed E-state index contributed by atoms with van der Waals surface area (Å²) in [7, 11) is 0. The van der Waals surface area contributed by atoms with E-state index in [1.54, 1.807) is 0 Å². The number of alkyl carbamates (subject to hydrolysis) is 1. The van der Waals surface area contributed by atoms with Crippen LogP contribution in [-0.2, 0) is 17.6 Å². The van der Waals surface area contributed by atoms with E-state index in [-0.39, 0.29) is 54.0 Å². The molecule has 1 aromatic carbocycles. The predicted octanol–water partition coefficient (Wildman–Crippen LogP) is 1.92. The number of H-pyrrole nitrogens is 1. The van der Waals surface area contributed by atoms with Crippen molar-refractivity contribution >= 4 is 17.0 Å². The third kappa shape index (κ3) is 3.19. The number of amides is 1. The number of cyclic esters (lactones) is 1. The van der Waals surface area contributed by atoms with Gasteiger partial charge in [0.15, 0.2) is 0 Å². The first-order valence-corrected chi connectivity index (χ1v) is 6.40. The number of carbonyl (C=O) groups excluding carboxylic acids is 1. The number of likely N-dealkylation sites (N-methyl/N-ethyl adjacent to an activating group) is 1. The molecule has 0 saturated carbocycles. The van der Waals surface area contributed by atoms with Gasteiger partial charge in [0.2, 0.25) is 0 Å². The molecule has 1 atom stereocenters. The van der Waals surface area contributed by atoms with Crippen molar-refractivity contribution in [3.63, 3.8) is 0 Å². The van der Waals surface area contributed by atoms with Crippen LogP contribution in [0.5, 0.6) is 0 Å². The minimum Gasteiger partial charge on any atom is -0.447 e. The summed E-state index contributed by atoms with van der Waals surface area (Å²) in [6, 6.07) is -1.95. The Kier molecular flexibility index (Phi) is 1.65. The Morgan fingerprint density at radius 3 is 3.24 bits per heavy atom. The van der Waals surface area contributed by atoms with Crippen LogP contribution >= 0.6 is 0 Å². The predicted molar refractivity (Wildman–Crippen MR) is 82.5 cm³/mol. The Morgan fingerprint density at radius 1 is 1.57 bits per heavy atom. The molecule has 0 spiro atoms. The molecule has 0 aliphatic carbocycles. The van der Waals surface area contributed by atoms with Crippen molar-refractivity contribution in [2.24, 2.45) is 0 Å². The Bertz CT molecular complexity index is 1030. The summed E-state index contributed by atoms with van der Waals surface area (Å²) in [5, 5.41) is 2.50. The van der Waals surface area contributed by atoms with Crippen LogP contribution in [0.4, 0.5) is 4.79 Å². The number of carbonyl (C=O) groups is 1. The molecule has 0 bridgehead atoms. The molecule has 0 radical (unpaired) electrons. The van der Waals surface area contributed by atoms with Crippen LogP contribution in [-0.4, -0.2) is 49.1 Å². The number of fused-ring (bicyclic) bond motifs is 1. The molecule has 1 saturated heterocycles. The second-order valence-corrected chi connectivity index (χ2v) is 4.73. The van der Waals surface area contributed by atoms with Gasteiger partial charge in [-0.1, -0.05) is 6.04 Å². The van der Waals surface area contributed by atoms with Crippen LogP contribution in [0.25, 0.3) is 10.9 Å². The van der Waals surface area contributed by atoms with Crippen molar-refractivity contribution in [1.29, 1.82) is 0 Å². The molecule has 1 fully saturated rings. The molecule has 21 heavy (non-hydrogen) atoms. The number of hydrogen-bond acceptors (Lipinski definition) is 3. The van der Waals surface area contributed by atoms with Gasteiger partial charge in [-0.15, -0.1) is 0 Å². The van der Waals surface area contributed by atoms with Crippen molar-refractivity contribution < 1.29 is 24.6 Å². The SMILES string of the molecule is [2H]c1c(C[C@@H]2NC(=O)OC2([2H])[2H])c([2H])c2c(CCN(C([2H])([2H])[2H])C([2H])([2H])[2H])c[nH]c2c1[2H]. The van der Waals surface area contributed by atoms with Gasteiger partial charge in [-0.25, -0.2) is 4.79 Å². The number of nitrogens with one attached hydrogen (secondary N) is 2. The lowest BCUT2D eigenvalue weighted by molar-refractivity contribution is 0.177. The van der Waals surface area contributed by atoms with Gasteiger partial charge in [-0.2, -0.15) is 0 Å². The van der Waals surface area contributed by atoms with E-state index in [9.17, 15) is 4.79 Å². The van der Waals surface area contributed by atoms with Crippen LogP contribution < -0.4 is 5.32 Å². The number of ether oxygens (including phenoxy) is 1. The highest BCUT2D eigenvalue weighted by atomic mass is 16.6. The van der Waals surface area contributed by atoms with E-state index in [2.05, 4.69) is 15.0 Å². The number of aromatic amines is 1. The minimum atomic E-state index is -2.87. The van der Waals surface area contributed by atoms with E-state index >= 15 is 0 Å². The molecule has 0 unspecified atom stereocenters. The quantitative estimate of drug-likeness (QED) is 0.887. The molecule has 5 heteroatoms. The second kappa shape index (κ2) is 5.77. The van der Waals surface area contributed by atoms with Gasteiger partial charge >= 0.3 is 6.09 Å². The zero-order valence-electron chi connectivity index (χ0n) is 22.0. The monoisotopic (exact) mass is 298 g/mol. The van der Waals surface area contributed by atoms with E-state index < -0.39 is 32.6 Å². The normalized spacial score (nSPS) is 29.5. The van der Waals surface area contributed by atoms with E-state index in [1.165, 1.54) is 6.20 Å². The lowest BCUT2D eigenvalue weighted by Crippen LogP contribution is -2.28. The minimum absolute atomic E-state index is 0.00604. The topological polar surface area (TPSA) is 57.4 Å². The first-order chi connectivity index (χ1) is 14.5. The zero-order valence-corrected chi connectivity index (χ0v) is 11.0. The Labute approximate surface area is 139 Å². The number of benzene rings is 1. The fourth-order valence-corrected chi connectivity index (χ4v) is 2.18. The van der Waals surface area contributed by atoms with Crippen LogP contribution in [0.15, 0.2) is 24.3 Å². The van der Waals surface area contributed by atoms with E-state index in [1.807, 2.05) is 0 Å². The van der Waals surface area contributed by atoms with Crippen molar-refractivity contribution in [1.82, 2.24) is 15.2 Å². The van der Waals surface area contributed by atoms with Crippen LogP contribution in [0.2, 0.25) is 0 Å². The van der Waals surface area contributed by atoms with Gasteiger partial charge in [-0.3, -0.25) is 0 Å². The number of aromatic nitrogens is 1. The summed E-state index contributed by atoms with van der Waals surface area (Å²) in [4.78, 5) is 14.6. The number of rotatable bonds is 5. The number of nitrogens with zero attached hydrogens (tertiary/aromatic N) is 1. The van der Waals surface area contributed by atoms with Crippen molar-refractivity contribution in [3.8, 4) is 0 Å². The molecule has 1 aliphatic heterocycles. The third-order valence-corrected chi connectivity index (χ3v) is 3.18. The smallest absolute Gasteiger partial charge is 0.407 e. The molecule has 5 nitrogen and oxygen atoms in total. The van der Waals surface area contributed by atoms with Crippen molar-refractivity contribution in [3.05, 3.63) is 35.5 Å². The molecule has 1 aliphatic rings. The standard InChI is InChI=1S/C16H21N3O2/c1-19(2)6-5-12-9-17-15-4-3-11(8-14(12)15)7-13-10-21-16(20)18-13/h3-4,8-9,13,17H,5-7,10H2,1-2H3,(H,18,20)/t13-/m0/s1/i1D3,2D3,3D,4D,8D,10D2. The summed E-state index contributed by atoms with van der Waals surface area (Å²) >= 11 is 0. The Balaban J connectivity index is 2.00. The van der Waals surface area contributed by atoms with Crippen LogP contribution in [0.3, 0.4) is 0 Å². The molecule has 2 N–H and O–H groups in total. The summed E-state index contributed by atoms with van der Waals surface area (Å²) in [6.45, 7) is -8.48. The first kappa shape index (κ1) is 6.01. The van der Waals surface area contributed by atoms with Crippen LogP contribution in [0, 0.1) is 0 Å². The van der Waals surface area contributed by atoms with Gasteiger partial charge in [0, 0.05) is 31.9 Å². The second-order valence-electron chi connectivity index (χ2n) is 4.73. The molecular formula is C16H21N3O2. The summed E-state index contributed by atoms with van der Waals surface area (Å²) in [5.74, 6) is 0. The maximum atomic E-state index is 11.4. The third-order valence-electron chi connectivity index (χ3n) is 3.18. The molecule has 2 heterocycles. The van der Waals surface area contributed by atoms with Crippen molar-refractivity contribution in [2.45, 2.75) is 18.9 Å². The maximum absolute atomic E-state index is 11.4. The van der Waals surface area contributed by atoms with E-state index in [0.717, 1.165) is 0 Å². The fourth-order valence-electron chi connectivity index (χ4n) is 2.18. The lowest BCUT2D eigenvalue weighted by Gasteiger charge is -2.09. The van der Waals surface area contributed by atoms with Gasteiger partial charge in [0.05, 0.1) is 12.9 Å². The summed E-state index contributed by atoms with van der Waals surface area (Å²) < 4.78 is 90.1. The first-order valence-electron chi connectivity index (χ1n) is 11.9. The van der Waals surface area contributed by atoms with Gasteiger partial charge < -0.3 is 19.9 Å². The Hall–Kier alpha value is -2.01. The van der Waals surface area contributed by atoms with Crippen LogP contribution in [0.1, 0.15) is 26.2 Å². The highest BCUT2D eigenvalue weighted by Crippen LogP contribution is 2.21. The van der Waals surface area contributed by atoms with E-state index in [4.69, 9.17) is 15.1 Å². The molecular weight excluding hydrogens is 266 g/mol. The summed E-state index contributed by atoms with van der Waals surface area (Å²) in [5.41, 5.74) is 0.544. The van der Waals surface area contributed by atoms with Gasteiger partial charge in [0.1, 0.15) is 6.56 Å². The summed E-state index contributed by atoms with van der Waals surface area (Å²) in [6.07, 6.45) is 0.116. The highest BCUT2D eigenvalue weighted by molar-refractivity contribution is 5.84. The Morgan fingerprint density at radius 2 is 2.48 bits per heavy atom. The maximum Gasteiger partial charge on any atom is 0.407 e. The van der Waals surface area contributed by atoms with Gasteiger partial charge in [-0.05, 0) is 50.0 Å². The van der Waals surface area contributed by atoms with Crippen molar-refractivity contribution in [2.75, 3.05) is 27.1 Å². The lowest BCUT2D eigenvalue weighted by atomic mass is 10.0. The molecule has 1 aromatic heterocycles. The fraction of sp³-hybridized carbons (Fsp3) is 0.438.